The zero-order chi connectivity index (χ0) is 9.19. The zero-order valence-corrected chi connectivity index (χ0v) is 7.50. The molecule has 1 heterocycles. The van der Waals surface area contributed by atoms with Gasteiger partial charge in [0.2, 0.25) is 0 Å². The summed E-state index contributed by atoms with van der Waals surface area (Å²) in [5.74, 6) is 0.856. The zero-order valence-electron chi connectivity index (χ0n) is 7.50. The minimum Gasteiger partial charge on any atom is -0.469 e. The van der Waals surface area contributed by atoms with E-state index in [0.717, 1.165) is 17.7 Å². The molecule has 0 aliphatic heterocycles. The fraction of sp³-hybridized carbons (Fsp3) is 0.556. The van der Waals surface area contributed by atoms with Gasteiger partial charge in [-0.05, 0) is 13.0 Å². The van der Waals surface area contributed by atoms with Gasteiger partial charge in [-0.2, -0.15) is 0 Å². The Labute approximate surface area is 72.2 Å². The Morgan fingerprint density at radius 3 is 2.83 bits per heavy atom. The molecule has 3 heteroatoms. The summed E-state index contributed by atoms with van der Waals surface area (Å²) >= 11 is 0. The molecule has 0 aromatic carbocycles. The number of nitrogens with two attached hydrogens (primary N) is 1. The van der Waals surface area contributed by atoms with E-state index >= 15 is 0 Å². The second kappa shape index (κ2) is 3.29. The Kier molecular flexibility index (Phi) is 2.55. The van der Waals surface area contributed by atoms with Crippen LogP contribution < -0.4 is 5.73 Å². The second-order valence-electron chi connectivity index (χ2n) is 3.19. The average Bonchev–Trinajstić information content (AvgIpc) is 2.52. The van der Waals surface area contributed by atoms with Crippen molar-refractivity contribution in [1.29, 1.82) is 0 Å². The topological polar surface area (TPSA) is 59.4 Å². The summed E-state index contributed by atoms with van der Waals surface area (Å²) in [6.07, 6.45) is 2.41. The number of aryl methyl sites for hydroxylation is 1. The smallest absolute Gasteiger partial charge is 0.108 e. The molecule has 0 saturated heterocycles. The maximum absolute atomic E-state index is 9.02. The van der Waals surface area contributed by atoms with Crippen LogP contribution >= 0.6 is 0 Å². The highest BCUT2D eigenvalue weighted by Gasteiger charge is 2.24. The van der Waals surface area contributed by atoms with Crippen LogP contribution in [-0.2, 0) is 12.0 Å². The molecule has 3 N–H and O–H groups in total. The van der Waals surface area contributed by atoms with E-state index in [4.69, 9.17) is 15.3 Å². The van der Waals surface area contributed by atoms with E-state index in [1.165, 1.54) is 0 Å². The highest BCUT2D eigenvalue weighted by Crippen LogP contribution is 2.22. The van der Waals surface area contributed by atoms with Crippen molar-refractivity contribution in [3.8, 4) is 0 Å². The number of hydrogen-bond acceptors (Lipinski definition) is 3. The van der Waals surface area contributed by atoms with Crippen LogP contribution in [0.3, 0.4) is 0 Å². The van der Waals surface area contributed by atoms with Crippen molar-refractivity contribution in [3.63, 3.8) is 0 Å². The molecule has 1 aromatic rings. The van der Waals surface area contributed by atoms with Crippen LogP contribution in [0.1, 0.15) is 25.2 Å². The van der Waals surface area contributed by atoms with Gasteiger partial charge in [-0.3, -0.25) is 0 Å². The van der Waals surface area contributed by atoms with Gasteiger partial charge < -0.3 is 15.3 Å². The van der Waals surface area contributed by atoms with E-state index in [1.807, 2.05) is 13.0 Å². The first-order valence-electron chi connectivity index (χ1n) is 4.08. The van der Waals surface area contributed by atoms with Gasteiger partial charge in [-0.25, -0.2) is 0 Å². The van der Waals surface area contributed by atoms with E-state index in [2.05, 4.69) is 0 Å². The predicted octanol–water partition coefficient (Wildman–Crippen LogP) is 1.01. The molecular formula is C9H15NO2. The Bertz CT molecular complexity index is 253. The molecule has 1 atom stereocenters. The quantitative estimate of drug-likeness (QED) is 0.709. The third-order valence-corrected chi connectivity index (χ3v) is 2.01. The summed E-state index contributed by atoms with van der Waals surface area (Å²) in [4.78, 5) is 0. The first-order valence-corrected chi connectivity index (χ1v) is 4.08. The Balaban J connectivity index is 3.00. The molecule has 0 fully saturated rings. The fourth-order valence-corrected chi connectivity index (χ4v) is 1.21. The van der Waals surface area contributed by atoms with Gasteiger partial charge in [0.25, 0.3) is 0 Å². The van der Waals surface area contributed by atoms with Gasteiger partial charge in [0, 0.05) is 12.0 Å². The van der Waals surface area contributed by atoms with Crippen molar-refractivity contribution < 1.29 is 9.52 Å². The Morgan fingerprint density at radius 1 is 1.67 bits per heavy atom. The van der Waals surface area contributed by atoms with Crippen LogP contribution in [0.2, 0.25) is 0 Å². The van der Waals surface area contributed by atoms with Crippen molar-refractivity contribution in [2.24, 2.45) is 5.73 Å². The Hall–Kier alpha value is -0.800. The molecule has 0 aliphatic rings. The fourth-order valence-electron chi connectivity index (χ4n) is 1.21. The minimum atomic E-state index is -0.682. The maximum atomic E-state index is 9.02. The summed E-state index contributed by atoms with van der Waals surface area (Å²) in [6, 6.07) is 1.81. The summed E-state index contributed by atoms with van der Waals surface area (Å²) in [6.45, 7) is 3.71. The van der Waals surface area contributed by atoms with Crippen molar-refractivity contribution in [2.75, 3.05) is 6.61 Å². The molecule has 1 aromatic heterocycles. The van der Waals surface area contributed by atoms with Crippen LogP contribution in [0.25, 0.3) is 0 Å². The van der Waals surface area contributed by atoms with Crippen LogP contribution in [0.15, 0.2) is 16.7 Å². The third-order valence-electron chi connectivity index (χ3n) is 2.01. The number of hydrogen-bond donors (Lipinski definition) is 2. The van der Waals surface area contributed by atoms with Crippen LogP contribution in [0.4, 0.5) is 0 Å². The highest BCUT2D eigenvalue weighted by atomic mass is 16.3. The van der Waals surface area contributed by atoms with Crippen molar-refractivity contribution >= 4 is 0 Å². The molecule has 0 radical (unpaired) electrons. The molecule has 12 heavy (non-hydrogen) atoms. The lowest BCUT2D eigenvalue weighted by Gasteiger charge is -2.21. The van der Waals surface area contributed by atoms with Crippen molar-refractivity contribution in [2.45, 2.75) is 25.8 Å². The summed E-state index contributed by atoms with van der Waals surface area (Å²) < 4.78 is 5.21. The number of rotatable bonds is 3. The highest BCUT2D eigenvalue weighted by molar-refractivity contribution is 5.25. The SMILES string of the molecule is CCc1occc1C(C)(N)CO. The van der Waals surface area contributed by atoms with Gasteiger partial charge in [0.05, 0.1) is 18.4 Å². The van der Waals surface area contributed by atoms with E-state index in [9.17, 15) is 0 Å². The lowest BCUT2D eigenvalue weighted by molar-refractivity contribution is 0.208. The van der Waals surface area contributed by atoms with Gasteiger partial charge in [-0.15, -0.1) is 0 Å². The first-order chi connectivity index (χ1) is 5.61. The molecule has 0 bridgehead atoms. The van der Waals surface area contributed by atoms with E-state index in [0.29, 0.717) is 0 Å². The molecule has 0 saturated carbocycles. The molecule has 3 nitrogen and oxygen atoms in total. The van der Waals surface area contributed by atoms with E-state index in [-0.39, 0.29) is 6.61 Å². The van der Waals surface area contributed by atoms with E-state index < -0.39 is 5.54 Å². The molecule has 1 unspecified atom stereocenters. The molecule has 68 valence electrons. The lowest BCUT2D eigenvalue weighted by atomic mass is 9.94. The van der Waals surface area contributed by atoms with Gasteiger partial charge in [-0.1, -0.05) is 6.92 Å². The number of furan rings is 1. The summed E-state index contributed by atoms with van der Waals surface area (Å²) in [7, 11) is 0. The minimum absolute atomic E-state index is 0.0699. The molecule has 0 spiro atoms. The molecule has 1 rings (SSSR count). The lowest BCUT2D eigenvalue weighted by Crippen LogP contribution is -2.37. The third kappa shape index (κ3) is 1.52. The average molecular weight is 169 g/mol. The molecule has 0 amide bonds. The summed E-state index contributed by atoms with van der Waals surface area (Å²) in [5.41, 5.74) is 6.06. The van der Waals surface area contributed by atoms with Crippen LogP contribution in [0.5, 0.6) is 0 Å². The predicted molar refractivity (Wildman–Crippen MR) is 46.7 cm³/mol. The van der Waals surface area contributed by atoms with Gasteiger partial charge in [0.1, 0.15) is 5.76 Å². The maximum Gasteiger partial charge on any atom is 0.108 e. The normalized spacial score (nSPS) is 16.0. The van der Waals surface area contributed by atoms with Crippen LogP contribution in [0, 0.1) is 0 Å². The van der Waals surface area contributed by atoms with E-state index in [1.54, 1.807) is 13.2 Å². The molecular weight excluding hydrogens is 154 g/mol. The first kappa shape index (κ1) is 9.29. The largest absolute Gasteiger partial charge is 0.469 e. The van der Waals surface area contributed by atoms with Gasteiger partial charge in [0.15, 0.2) is 0 Å². The number of aliphatic hydroxyl groups is 1. The van der Waals surface area contributed by atoms with Gasteiger partial charge >= 0.3 is 0 Å². The van der Waals surface area contributed by atoms with Crippen molar-refractivity contribution in [3.05, 3.63) is 23.7 Å². The van der Waals surface area contributed by atoms with Crippen molar-refractivity contribution in [1.82, 2.24) is 0 Å². The monoisotopic (exact) mass is 169 g/mol. The Morgan fingerprint density at radius 2 is 2.33 bits per heavy atom. The summed E-state index contributed by atoms with van der Waals surface area (Å²) in [5, 5.41) is 9.02. The van der Waals surface area contributed by atoms with Crippen LogP contribution in [-0.4, -0.2) is 11.7 Å². The number of aliphatic hydroxyl groups excluding tert-OH is 1. The second-order valence-corrected chi connectivity index (χ2v) is 3.19. The standard InChI is InChI=1S/C9H15NO2/c1-3-8-7(4-5-12-8)9(2,10)6-11/h4-5,11H,3,6,10H2,1-2H3. The molecule has 0 aliphatic carbocycles.